The highest BCUT2D eigenvalue weighted by atomic mass is 16.2. The number of amides is 1. The fourth-order valence-corrected chi connectivity index (χ4v) is 7.09. The molecule has 0 atom stereocenters. The van der Waals surface area contributed by atoms with E-state index in [1.807, 2.05) is 0 Å². The van der Waals surface area contributed by atoms with Crippen LogP contribution in [0.25, 0.3) is 0 Å². The van der Waals surface area contributed by atoms with Gasteiger partial charge < -0.3 is 14.7 Å². The molecule has 28 heavy (non-hydrogen) atoms. The second kappa shape index (κ2) is 7.05. The van der Waals surface area contributed by atoms with Gasteiger partial charge >= 0.3 is 0 Å². The lowest BCUT2D eigenvalue weighted by atomic mass is 9.49. The second-order valence-corrected chi connectivity index (χ2v) is 10.4. The van der Waals surface area contributed by atoms with Crippen molar-refractivity contribution in [1.29, 1.82) is 0 Å². The average Bonchev–Trinajstić information content (AvgIpc) is 2.66. The van der Waals surface area contributed by atoms with Crippen molar-refractivity contribution < 1.29 is 4.79 Å². The Morgan fingerprint density at radius 2 is 1.61 bits per heavy atom. The molecule has 1 aromatic rings. The molecule has 0 spiro atoms. The maximum absolute atomic E-state index is 13.6. The average molecular weight is 382 g/mol. The molecular weight excluding hydrogens is 346 g/mol. The Bertz CT molecular complexity index is 700. The quantitative estimate of drug-likeness (QED) is 0.797. The summed E-state index contributed by atoms with van der Waals surface area (Å²) in [6.45, 7) is 4.67. The Morgan fingerprint density at radius 1 is 1.00 bits per heavy atom. The summed E-state index contributed by atoms with van der Waals surface area (Å²) in [7, 11) is 4.23. The van der Waals surface area contributed by atoms with Gasteiger partial charge in [-0.1, -0.05) is 12.1 Å². The number of nitrogens with zero attached hydrogens (tertiary/aromatic N) is 3. The lowest BCUT2D eigenvalue weighted by molar-refractivity contribution is -0.158. The molecule has 5 fully saturated rings. The van der Waals surface area contributed by atoms with E-state index in [1.165, 1.54) is 49.8 Å². The molecule has 4 nitrogen and oxygen atoms in total. The van der Waals surface area contributed by atoms with Crippen molar-refractivity contribution in [2.75, 3.05) is 45.2 Å². The first kappa shape index (κ1) is 18.5. The highest BCUT2D eigenvalue weighted by Gasteiger charge is 2.55. The van der Waals surface area contributed by atoms with Gasteiger partial charge in [-0.3, -0.25) is 4.79 Å². The summed E-state index contributed by atoms with van der Waals surface area (Å²) >= 11 is 0. The van der Waals surface area contributed by atoms with Gasteiger partial charge in [0.25, 0.3) is 0 Å². The van der Waals surface area contributed by atoms with E-state index in [1.54, 1.807) is 0 Å². The van der Waals surface area contributed by atoms with Crippen LogP contribution < -0.4 is 4.90 Å². The van der Waals surface area contributed by atoms with Gasteiger partial charge in [-0.2, -0.15) is 0 Å². The highest BCUT2D eigenvalue weighted by Crippen LogP contribution is 2.60. The van der Waals surface area contributed by atoms with Gasteiger partial charge in [0.2, 0.25) is 5.91 Å². The van der Waals surface area contributed by atoms with Gasteiger partial charge in [0.15, 0.2) is 0 Å². The maximum atomic E-state index is 13.6. The largest absolute Gasteiger partial charge is 0.368 e. The van der Waals surface area contributed by atoms with Crippen LogP contribution in [0.3, 0.4) is 0 Å². The third-order valence-electron chi connectivity index (χ3n) is 7.83. The van der Waals surface area contributed by atoms with Crippen molar-refractivity contribution in [1.82, 2.24) is 9.80 Å². The number of benzene rings is 1. The molecule has 1 aromatic carbocycles. The molecule has 4 heteroatoms. The van der Waals surface area contributed by atoms with Crippen LogP contribution in [-0.4, -0.2) is 56.0 Å². The third-order valence-corrected chi connectivity index (χ3v) is 7.83. The van der Waals surface area contributed by atoms with Crippen LogP contribution in [0.15, 0.2) is 24.3 Å². The SMILES string of the molecule is CN(C)Cc1cccc(N2CCN(C(=O)C34CC5CC(CC(C5)C3)C4)CC2)c1. The zero-order valence-corrected chi connectivity index (χ0v) is 17.6. The van der Waals surface area contributed by atoms with E-state index in [0.717, 1.165) is 50.5 Å². The number of hydrogen-bond donors (Lipinski definition) is 0. The molecule has 0 unspecified atom stereocenters. The van der Waals surface area contributed by atoms with Crippen LogP contribution in [0.2, 0.25) is 0 Å². The molecule has 5 aliphatic rings. The maximum Gasteiger partial charge on any atom is 0.228 e. The zero-order chi connectivity index (χ0) is 19.3. The number of hydrogen-bond acceptors (Lipinski definition) is 3. The summed E-state index contributed by atoms with van der Waals surface area (Å²) in [5, 5.41) is 0. The fraction of sp³-hybridized carbons (Fsp3) is 0.708. The predicted octanol–water partition coefficient (Wildman–Crippen LogP) is 3.61. The molecule has 0 radical (unpaired) electrons. The normalized spacial score (nSPS) is 34.3. The number of carbonyl (C=O) groups is 1. The van der Waals surface area contributed by atoms with Gasteiger partial charge in [0.05, 0.1) is 5.41 Å². The van der Waals surface area contributed by atoms with Gasteiger partial charge in [-0.05, 0) is 88.1 Å². The van der Waals surface area contributed by atoms with Crippen LogP contribution in [0.1, 0.15) is 44.1 Å². The van der Waals surface area contributed by atoms with Crippen LogP contribution >= 0.6 is 0 Å². The van der Waals surface area contributed by atoms with Crippen molar-refractivity contribution in [2.24, 2.45) is 23.2 Å². The van der Waals surface area contributed by atoms with E-state index in [4.69, 9.17) is 0 Å². The number of carbonyl (C=O) groups excluding carboxylic acids is 1. The van der Waals surface area contributed by atoms with E-state index < -0.39 is 0 Å². The zero-order valence-electron chi connectivity index (χ0n) is 17.6. The summed E-state index contributed by atoms with van der Waals surface area (Å²) in [6.07, 6.45) is 7.77. The monoisotopic (exact) mass is 381 g/mol. The van der Waals surface area contributed by atoms with Gasteiger partial charge in [0.1, 0.15) is 0 Å². The minimum absolute atomic E-state index is 0.0164. The molecule has 1 saturated heterocycles. The van der Waals surface area contributed by atoms with E-state index in [9.17, 15) is 4.79 Å². The molecule has 0 aromatic heterocycles. The standard InChI is InChI=1S/C24H35N3O/c1-25(2)17-18-4-3-5-22(13-18)26-6-8-27(9-7-26)23(28)24-14-19-10-20(15-24)12-21(11-19)16-24/h3-5,13,19-21H,6-12,14-17H2,1-2H3. The van der Waals surface area contributed by atoms with Crippen LogP contribution in [0, 0.1) is 23.2 Å². The molecule has 152 valence electrons. The minimum atomic E-state index is 0.0164. The van der Waals surface area contributed by atoms with Crippen LogP contribution in [0.4, 0.5) is 5.69 Å². The number of anilines is 1. The van der Waals surface area contributed by atoms with E-state index >= 15 is 0 Å². The summed E-state index contributed by atoms with van der Waals surface area (Å²) in [5.41, 5.74) is 2.68. The molecule has 4 aliphatic carbocycles. The Morgan fingerprint density at radius 3 is 2.18 bits per heavy atom. The fourth-order valence-electron chi connectivity index (χ4n) is 7.09. The smallest absolute Gasteiger partial charge is 0.228 e. The van der Waals surface area contributed by atoms with Crippen LogP contribution in [0.5, 0.6) is 0 Å². The van der Waals surface area contributed by atoms with Gasteiger partial charge in [-0.15, -0.1) is 0 Å². The molecule has 6 rings (SSSR count). The third kappa shape index (κ3) is 3.34. The molecule has 1 aliphatic heterocycles. The highest BCUT2D eigenvalue weighted by molar-refractivity contribution is 5.83. The Labute approximate surface area is 169 Å². The van der Waals surface area contributed by atoms with E-state index in [0.29, 0.717) is 5.91 Å². The summed E-state index contributed by atoms with van der Waals surface area (Å²) in [4.78, 5) is 20.5. The predicted molar refractivity (Wildman–Crippen MR) is 113 cm³/mol. The summed E-state index contributed by atoms with van der Waals surface area (Å²) in [5.74, 6) is 3.04. The lowest BCUT2D eigenvalue weighted by Crippen LogP contribution is -2.58. The van der Waals surface area contributed by atoms with Crippen molar-refractivity contribution in [3.8, 4) is 0 Å². The molecule has 4 bridgehead atoms. The minimum Gasteiger partial charge on any atom is -0.368 e. The van der Waals surface area contributed by atoms with Crippen LogP contribution in [-0.2, 0) is 11.3 Å². The Kier molecular flexibility index (Phi) is 4.65. The molecule has 1 amide bonds. The molecule has 0 N–H and O–H groups in total. The number of piperazine rings is 1. The molecular formula is C24H35N3O. The first-order valence-corrected chi connectivity index (χ1v) is 11.3. The van der Waals surface area contributed by atoms with E-state index in [2.05, 4.69) is 53.1 Å². The molecule has 1 heterocycles. The van der Waals surface area contributed by atoms with Gasteiger partial charge in [-0.25, -0.2) is 0 Å². The second-order valence-electron chi connectivity index (χ2n) is 10.4. The topological polar surface area (TPSA) is 26.8 Å². The van der Waals surface area contributed by atoms with Crippen molar-refractivity contribution in [2.45, 2.75) is 45.1 Å². The van der Waals surface area contributed by atoms with Crippen molar-refractivity contribution in [3.05, 3.63) is 29.8 Å². The molecule has 4 saturated carbocycles. The Balaban J connectivity index is 1.23. The van der Waals surface area contributed by atoms with Crippen molar-refractivity contribution in [3.63, 3.8) is 0 Å². The lowest BCUT2D eigenvalue weighted by Gasteiger charge is -2.57. The number of rotatable bonds is 4. The van der Waals surface area contributed by atoms with Gasteiger partial charge in [0, 0.05) is 38.4 Å². The summed E-state index contributed by atoms with van der Waals surface area (Å²) in [6, 6.07) is 8.91. The van der Waals surface area contributed by atoms with Crippen molar-refractivity contribution >= 4 is 11.6 Å². The first-order chi connectivity index (χ1) is 13.5. The summed E-state index contributed by atoms with van der Waals surface area (Å²) < 4.78 is 0. The first-order valence-electron chi connectivity index (χ1n) is 11.3. The Hall–Kier alpha value is -1.55. The van der Waals surface area contributed by atoms with E-state index in [-0.39, 0.29) is 5.41 Å².